The van der Waals surface area contributed by atoms with Crippen LogP contribution in [0.4, 0.5) is 5.82 Å². The van der Waals surface area contributed by atoms with Crippen molar-refractivity contribution in [3.8, 4) is 0 Å². The Morgan fingerprint density at radius 3 is 2.81 bits per heavy atom. The van der Waals surface area contributed by atoms with Gasteiger partial charge in [-0.1, -0.05) is 0 Å². The van der Waals surface area contributed by atoms with Gasteiger partial charge >= 0.3 is 7.82 Å². The number of nitrogens with zero attached hydrogens (tertiary/aromatic N) is 4. The van der Waals surface area contributed by atoms with Crippen molar-refractivity contribution in [2.24, 2.45) is 10.8 Å². The first-order valence-corrected chi connectivity index (χ1v) is 9.50. The highest BCUT2D eigenvalue weighted by Crippen LogP contribution is 2.40. The molecule has 2 aliphatic heterocycles. The van der Waals surface area contributed by atoms with Gasteiger partial charge < -0.3 is 35.0 Å². The van der Waals surface area contributed by atoms with Crippen LogP contribution in [0.1, 0.15) is 11.8 Å². The minimum Gasteiger partial charge on any atom is -0.387 e. The van der Waals surface area contributed by atoms with Crippen molar-refractivity contribution in [2.75, 3.05) is 18.7 Å². The van der Waals surface area contributed by atoms with E-state index in [-0.39, 0.29) is 5.84 Å². The fourth-order valence-electron chi connectivity index (χ4n) is 3.37. The molecule has 0 spiro atoms. The van der Waals surface area contributed by atoms with Gasteiger partial charge in [0, 0.05) is 25.0 Å². The van der Waals surface area contributed by atoms with Crippen LogP contribution in [-0.4, -0.2) is 67.4 Å². The Hall–Kier alpha value is -2.05. The molecule has 1 saturated heterocycles. The van der Waals surface area contributed by atoms with Crippen LogP contribution in [0.5, 0.6) is 0 Å². The Morgan fingerprint density at radius 1 is 1.37 bits per heavy atom. The standard InChI is InChI=1S/C14H18N5O7P/c1-18-13-9-6(12(15)17-18)4-19(7(9)2-3-16-13)14-11(21)10(20)8(26-14)5-25-27(22,23)24/h2-4,8,10-11,14,20-21H,5H2,1H3,(H2,15,17)(H2,22,23,24)/t8?,10?,11-,14?/m1/s1. The van der Waals surface area contributed by atoms with E-state index in [4.69, 9.17) is 20.3 Å². The zero-order valence-corrected chi connectivity index (χ0v) is 15.0. The van der Waals surface area contributed by atoms with E-state index in [9.17, 15) is 14.8 Å². The molecule has 146 valence electrons. The first-order chi connectivity index (χ1) is 12.7. The van der Waals surface area contributed by atoms with Gasteiger partial charge in [-0.25, -0.2) is 14.6 Å². The molecule has 6 N–H and O–H groups in total. The van der Waals surface area contributed by atoms with Gasteiger partial charge in [0.1, 0.15) is 18.3 Å². The lowest BCUT2D eigenvalue weighted by molar-refractivity contribution is -0.0499. The molecule has 2 aromatic rings. The largest absolute Gasteiger partial charge is 0.469 e. The summed E-state index contributed by atoms with van der Waals surface area (Å²) in [5, 5.41) is 27.1. The molecule has 4 heterocycles. The second kappa shape index (κ2) is 6.24. The number of aliphatic hydroxyl groups is 2. The number of hydrogen-bond donors (Lipinski definition) is 5. The maximum atomic E-state index is 10.9. The zero-order valence-electron chi connectivity index (χ0n) is 14.1. The molecule has 2 aromatic heterocycles. The minimum atomic E-state index is -4.74. The van der Waals surface area contributed by atoms with Gasteiger partial charge in [0.15, 0.2) is 17.9 Å². The van der Waals surface area contributed by atoms with Crippen molar-refractivity contribution in [2.45, 2.75) is 24.5 Å². The Balaban J connectivity index is 1.72. The van der Waals surface area contributed by atoms with Crippen molar-refractivity contribution in [1.82, 2.24) is 9.55 Å². The second-order valence-corrected chi connectivity index (χ2v) is 7.56. The van der Waals surface area contributed by atoms with Gasteiger partial charge in [0.05, 0.1) is 17.5 Å². The predicted octanol–water partition coefficient (Wildman–Crippen LogP) is -1.17. The summed E-state index contributed by atoms with van der Waals surface area (Å²) in [4.78, 5) is 21.9. The van der Waals surface area contributed by atoms with Crippen LogP contribution >= 0.6 is 7.82 Å². The van der Waals surface area contributed by atoms with E-state index in [0.717, 1.165) is 0 Å². The molecule has 0 aliphatic carbocycles. The molecule has 1 fully saturated rings. The fraction of sp³-hybridized carbons (Fsp3) is 0.429. The van der Waals surface area contributed by atoms with Crippen LogP contribution < -0.4 is 10.7 Å². The normalized spacial score (nSPS) is 28.0. The molecule has 3 unspecified atom stereocenters. The number of rotatable bonds is 4. The number of aliphatic hydroxyl groups excluding tert-OH is 2. The molecule has 27 heavy (non-hydrogen) atoms. The van der Waals surface area contributed by atoms with E-state index >= 15 is 0 Å². The summed E-state index contributed by atoms with van der Waals surface area (Å²) in [6.07, 6.45) is -1.70. The summed E-state index contributed by atoms with van der Waals surface area (Å²) < 4.78 is 22.5. The number of phosphoric ester groups is 1. The van der Waals surface area contributed by atoms with Gasteiger partial charge in [0.25, 0.3) is 0 Å². The van der Waals surface area contributed by atoms with E-state index in [1.807, 2.05) is 0 Å². The van der Waals surface area contributed by atoms with E-state index in [0.29, 0.717) is 22.3 Å². The third-order valence-corrected chi connectivity index (χ3v) is 5.07. The number of pyridine rings is 1. The molecule has 0 radical (unpaired) electrons. The fourth-order valence-corrected chi connectivity index (χ4v) is 3.71. The highest BCUT2D eigenvalue weighted by atomic mass is 31.2. The number of ether oxygens (including phenoxy) is 1. The molecular weight excluding hydrogens is 381 g/mol. The molecule has 12 nitrogen and oxygen atoms in total. The smallest absolute Gasteiger partial charge is 0.387 e. The lowest BCUT2D eigenvalue weighted by Gasteiger charge is -2.19. The maximum Gasteiger partial charge on any atom is 0.469 e. The highest BCUT2D eigenvalue weighted by Gasteiger charge is 2.45. The molecule has 0 bridgehead atoms. The van der Waals surface area contributed by atoms with Gasteiger partial charge in [-0.3, -0.25) is 4.52 Å². The Morgan fingerprint density at radius 2 is 2.11 bits per heavy atom. The maximum absolute atomic E-state index is 10.9. The average molecular weight is 399 g/mol. The van der Waals surface area contributed by atoms with Crippen LogP contribution in [0.2, 0.25) is 0 Å². The Kier molecular flexibility index (Phi) is 4.24. The Bertz CT molecular complexity index is 972. The summed E-state index contributed by atoms with van der Waals surface area (Å²) in [5.41, 5.74) is 7.25. The molecule has 4 rings (SSSR count). The van der Waals surface area contributed by atoms with Crippen molar-refractivity contribution < 1.29 is 33.8 Å². The van der Waals surface area contributed by atoms with Crippen LogP contribution in [0.15, 0.2) is 23.6 Å². The number of amidine groups is 1. The molecule has 4 atom stereocenters. The number of aromatic nitrogens is 2. The van der Waals surface area contributed by atoms with Crippen LogP contribution in [0.25, 0.3) is 10.9 Å². The van der Waals surface area contributed by atoms with Crippen molar-refractivity contribution in [3.63, 3.8) is 0 Å². The molecule has 0 amide bonds. The monoisotopic (exact) mass is 399 g/mol. The van der Waals surface area contributed by atoms with Crippen LogP contribution in [0, 0.1) is 0 Å². The number of hydrazone groups is 1. The van der Waals surface area contributed by atoms with Gasteiger partial charge in [-0.05, 0) is 6.07 Å². The molecule has 0 aromatic carbocycles. The van der Waals surface area contributed by atoms with Crippen molar-refractivity contribution >= 4 is 30.4 Å². The lowest BCUT2D eigenvalue weighted by atomic mass is 10.1. The number of hydrogen-bond acceptors (Lipinski definition) is 9. The summed E-state index contributed by atoms with van der Waals surface area (Å²) in [6.45, 7) is -0.579. The van der Waals surface area contributed by atoms with Gasteiger partial charge in [0.2, 0.25) is 0 Å². The number of anilines is 1. The van der Waals surface area contributed by atoms with Gasteiger partial charge in [-0.2, -0.15) is 5.10 Å². The predicted molar refractivity (Wildman–Crippen MR) is 92.8 cm³/mol. The van der Waals surface area contributed by atoms with Crippen molar-refractivity contribution in [3.05, 3.63) is 24.0 Å². The summed E-state index contributed by atoms with van der Waals surface area (Å²) >= 11 is 0. The summed E-state index contributed by atoms with van der Waals surface area (Å²) in [6, 6.07) is 1.71. The average Bonchev–Trinajstić information content (AvgIpc) is 3.11. The molecule has 2 aliphatic rings. The second-order valence-electron chi connectivity index (χ2n) is 6.32. The van der Waals surface area contributed by atoms with E-state index in [1.165, 1.54) is 5.01 Å². The lowest BCUT2D eigenvalue weighted by Crippen LogP contribution is -2.33. The first kappa shape index (κ1) is 18.3. The van der Waals surface area contributed by atoms with Crippen LogP contribution in [0.3, 0.4) is 0 Å². The van der Waals surface area contributed by atoms with Crippen molar-refractivity contribution in [1.29, 1.82) is 0 Å². The summed E-state index contributed by atoms with van der Waals surface area (Å²) in [5.74, 6) is 0.834. The molecule has 13 heteroatoms. The number of nitrogens with two attached hydrogens (primary N) is 1. The van der Waals surface area contributed by atoms with E-state index in [1.54, 1.807) is 30.1 Å². The number of phosphoric acid groups is 1. The van der Waals surface area contributed by atoms with E-state index in [2.05, 4.69) is 14.6 Å². The molecule has 0 saturated carbocycles. The minimum absolute atomic E-state index is 0.260. The topological polar surface area (TPSA) is 176 Å². The first-order valence-electron chi connectivity index (χ1n) is 7.97. The summed E-state index contributed by atoms with van der Waals surface area (Å²) in [7, 11) is -3.03. The third kappa shape index (κ3) is 3.01. The quantitative estimate of drug-likeness (QED) is 0.394. The molecular formula is C14H18N5O7P. The third-order valence-electron chi connectivity index (χ3n) is 4.58. The Labute approximate surface area is 152 Å². The SMILES string of the molecule is CN1N=C(N)c2cn(C3OC(COP(=O)(O)O)C(O)[C@H]3O)c3ccnc1c23. The van der Waals surface area contributed by atoms with E-state index < -0.39 is 39.0 Å². The highest BCUT2D eigenvalue weighted by molar-refractivity contribution is 7.46. The zero-order chi connectivity index (χ0) is 19.5. The van der Waals surface area contributed by atoms with Gasteiger partial charge in [-0.15, -0.1) is 0 Å². The van der Waals surface area contributed by atoms with Crippen LogP contribution in [-0.2, 0) is 13.8 Å².